The summed E-state index contributed by atoms with van der Waals surface area (Å²) < 4.78 is 5.62. The Balaban J connectivity index is 1.69. The van der Waals surface area contributed by atoms with Gasteiger partial charge in [-0.25, -0.2) is 0 Å². The van der Waals surface area contributed by atoms with Crippen LogP contribution in [0.1, 0.15) is 68.6 Å². The Labute approximate surface area is 151 Å². The molecule has 1 N–H and O–H groups in total. The van der Waals surface area contributed by atoms with E-state index >= 15 is 0 Å². The molecule has 0 unspecified atom stereocenters. The Hall–Kier alpha value is -1.55. The molecule has 0 atom stereocenters. The molecule has 1 aliphatic heterocycles. The highest BCUT2D eigenvalue weighted by Gasteiger charge is 2.38. The van der Waals surface area contributed by atoms with Crippen LogP contribution < -0.4 is 10.1 Å². The second-order valence-corrected chi connectivity index (χ2v) is 7.44. The number of benzene rings is 1. The second-order valence-electron chi connectivity index (χ2n) is 7.44. The zero-order valence-electron chi connectivity index (χ0n) is 15.6. The van der Waals surface area contributed by atoms with Crippen LogP contribution in [-0.4, -0.2) is 42.6 Å². The number of rotatable bonds is 6. The molecular formula is C21H32N2O2. The molecule has 4 heteroatoms. The molecule has 2 fully saturated rings. The summed E-state index contributed by atoms with van der Waals surface area (Å²) >= 11 is 0. The third-order valence-corrected chi connectivity index (χ3v) is 5.82. The Morgan fingerprint density at radius 3 is 2.48 bits per heavy atom. The lowest BCUT2D eigenvalue weighted by atomic mass is 9.79. The zero-order valence-corrected chi connectivity index (χ0v) is 15.6. The van der Waals surface area contributed by atoms with E-state index in [9.17, 15) is 4.79 Å². The molecule has 138 valence electrons. The predicted octanol–water partition coefficient (Wildman–Crippen LogP) is 4.00. The number of piperidine rings is 1. The van der Waals surface area contributed by atoms with Crippen LogP contribution in [0, 0.1) is 0 Å². The van der Waals surface area contributed by atoms with Crippen LogP contribution in [0.4, 0.5) is 0 Å². The van der Waals surface area contributed by atoms with E-state index < -0.39 is 0 Å². The van der Waals surface area contributed by atoms with E-state index in [1.165, 1.54) is 64.5 Å². The molecule has 0 radical (unpaired) electrons. The van der Waals surface area contributed by atoms with Crippen molar-refractivity contribution in [2.45, 2.75) is 63.8 Å². The highest BCUT2D eigenvalue weighted by Crippen LogP contribution is 2.35. The maximum atomic E-state index is 12.8. The minimum absolute atomic E-state index is 0.00833. The van der Waals surface area contributed by atoms with Crippen molar-refractivity contribution >= 4 is 5.91 Å². The van der Waals surface area contributed by atoms with E-state index in [0.29, 0.717) is 17.9 Å². The van der Waals surface area contributed by atoms with E-state index in [2.05, 4.69) is 10.2 Å². The topological polar surface area (TPSA) is 41.6 Å². The number of carbonyl (C=O) groups excluding carboxylic acids is 1. The molecule has 1 aromatic carbocycles. The fraction of sp³-hybridized carbons (Fsp3) is 0.667. The molecule has 1 saturated carbocycles. The summed E-state index contributed by atoms with van der Waals surface area (Å²) in [6, 6.07) is 7.55. The number of likely N-dealkylation sites (tertiary alicyclic amines) is 1. The number of amides is 1. The van der Waals surface area contributed by atoms with Gasteiger partial charge in [-0.15, -0.1) is 0 Å². The molecular weight excluding hydrogens is 312 g/mol. The number of nitrogens with zero attached hydrogens (tertiary/aromatic N) is 1. The first-order valence-electron chi connectivity index (χ1n) is 10.0. The van der Waals surface area contributed by atoms with Crippen LogP contribution >= 0.6 is 0 Å². The van der Waals surface area contributed by atoms with E-state index in [-0.39, 0.29) is 11.4 Å². The van der Waals surface area contributed by atoms with E-state index in [1.54, 1.807) is 0 Å². The number of para-hydroxylation sites is 1. The van der Waals surface area contributed by atoms with Crippen molar-refractivity contribution in [2.24, 2.45) is 0 Å². The number of hydrogen-bond donors (Lipinski definition) is 1. The highest BCUT2D eigenvalue weighted by molar-refractivity contribution is 5.96. The molecule has 1 aromatic rings. The summed E-state index contributed by atoms with van der Waals surface area (Å²) in [7, 11) is 0. The SMILES string of the molecule is CCOc1ccccc1C(=O)NCC1(N2CCCCC2)CCCCC1. The Morgan fingerprint density at radius 1 is 1.08 bits per heavy atom. The lowest BCUT2D eigenvalue weighted by Gasteiger charge is -2.48. The Morgan fingerprint density at radius 2 is 1.76 bits per heavy atom. The van der Waals surface area contributed by atoms with Gasteiger partial charge in [0.25, 0.3) is 5.91 Å². The Bertz CT molecular complexity index is 561. The smallest absolute Gasteiger partial charge is 0.255 e. The summed E-state index contributed by atoms with van der Waals surface area (Å²) in [5.41, 5.74) is 0.809. The van der Waals surface area contributed by atoms with Crippen molar-refractivity contribution in [2.75, 3.05) is 26.2 Å². The van der Waals surface area contributed by atoms with Crippen molar-refractivity contribution in [1.82, 2.24) is 10.2 Å². The molecule has 0 aromatic heterocycles. The summed E-state index contributed by atoms with van der Waals surface area (Å²) in [5, 5.41) is 3.25. The number of carbonyl (C=O) groups is 1. The first-order chi connectivity index (χ1) is 12.2. The van der Waals surface area contributed by atoms with Crippen LogP contribution in [0.15, 0.2) is 24.3 Å². The van der Waals surface area contributed by atoms with Gasteiger partial charge < -0.3 is 10.1 Å². The average Bonchev–Trinajstić information content (AvgIpc) is 2.68. The first-order valence-corrected chi connectivity index (χ1v) is 10.0. The minimum Gasteiger partial charge on any atom is -0.493 e. The fourth-order valence-corrected chi connectivity index (χ4v) is 4.46. The van der Waals surface area contributed by atoms with Gasteiger partial charge in [0.1, 0.15) is 5.75 Å². The number of hydrogen-bond acceptors (Lipinski definition) is 3. The van der Waals surface area contributed by atoms with Gasteiger partial charge in [0.2, 0.25) is 0 Å². The third-order valence-electron chi connectivity index (χ3n) is 5.82. The minimum atomic E-state index is -0.00833. The zero-order chi connectivity index (χ0) is 17.5. The van der Waals surface area contributed by atoms with Gasteiger partial charge in [-0.05, 0) is 57.8 Å². The normalized spacial score (nSPS) is 20.8. The molecule has 4 nitrogen and oxygen atoms in total. The van der Waals surface area contributed by atoms with Crippen molar-refractivity contribution < 1.29 is 9.53 Å². The molecule has 1 aliphatic carbocycles. The molecule has 1 heterocycles. The average molecular weight is 344 g/mol. The number of nitrogens with one attached hydrogen (secondary N) is 1. The molecule has 1 amide bonds. The second kappa shape index (κ2) is 8.70. The van der Waals surface area contributed by atoms with Gasteiger partial charge in [0.15, 0.2) is 0 Å². The lowest BCUT2D eigenvalue weighted by molar-refractivity contribution is 0.0326. The monoisotopic (exact) mass is 344 g/mol. The van der Waals surface area contributed by atoms with Gasteiger partial charge >= 0.3 is 0 Å². The summed E-state index contributed by atoms with van der Waals surface area (Å²) in [6.07, 6.45) is 10.2. The van der Waals surface area contributed by atoms with E-state index in [4.69, 9.17) is 4.74 Å². The standard InChI is InChI=1S/C21H32N2O2/c1-2-25-19-12-6-5-11-18(19)20(24)22-17-21(13-7-3-8-14-21)23-15-9-4-10-16-23/h5-6,11-12H,2-4,7-10,13-17H2,1H3,(H,22,24). The number of ether oxygens (including phenoxy) is 1. The largest absolute Gasteiger partial charge is 0.493 e. The van der Waals surface area contributed by atoms with Gasteiger partial charge in [-0.1, -0.05) is 37.8 Å². The molecule has 2 aliphatic rings. The van der Waals surface area contributed by atoms with E-state index in [0.717, 1.165) is 6.54 Å². The first kappa shape index (κ1) is 18.2. The lowest BCUT2D eigenvalue weighted by Crippen LogP contribution is -2.58. The third kappa shape index (κ3) is 4.35. The summed E-state index contributed by atoms with van der Waals surface area (Å²) in [5.74, 6) is 0.671. The fourth-order valence-electron chi connectivity index (χ4n) is 4.46. The van der Waals surface area contributed by atoms with Crippen molar-refractivity contribution in [3.05, 3.63) is 29.8 Å². The van der Waals surface area contributed by atoms with Gasteiger partial charge in [0, 0.05) is 12.1 Å². The van der Waals surface area contributed by atoms with Crippen LogP contribution in [-0.2, 0) is 0 Å². The maximum absolute atomic E-state index is 12.8. The highest BCUT2D eigenvalue weighted by atomic mass is 16.5. The van der Waals surface area contributed by atoms with Crippen LogP contribution in [0.25, 0.3) is 0 Å². The van der Waals surface area contributed by atoms with Crippen molar-refractivity contribution in [1.29, 1.82) is 0 Å². The summed E-state index contributed by atoms with van der Waals surface area (Å²) in [4.78, 5) is 15.5. The van der Waals surface area contributed by atoms with Crippen LogP contribution in [0.2, 0.25) is 0 Å². The predicted molar refractivity (Wildman–Crippen MR) is 101 cm³/mol. The maximum Gasteiger partial charge on any atom is 0.255 e. The van der Waals surface area contributed by atoms with Gasteiger partial charge in [0.05, 0.1) is 12.2 Å². The molecule has 25 heavy (non-hydrogen) atoms. The van der Waals surface area contributed by atoms with Crippen LogP contribution in [0.5, 0.6) is 5.75 Å². The van der Waals surface area contributed by atoms with Crippen molar-refractivity contribution in [3.8, 4) is 5.75 Å². The molecule has 1 saturated heterocycles. The molecule has 3 rings (SSSR count). The molecule has 0 spiro atoms. The quantitative estimate of drug-likeness (QED) is 0.848. The van der Waals surface area contributed by atoms with E-state index in [1.807, 2.05) is 31.2 Å². The Kier molecular flexibility index (Phi) is 6.35. The van der Waals surface area contributed by atoms with Crippen molar-refractivity contribution in [3.63, 3.8) is 0 Å². The summed E-state index contributed by atoms with van der Waals surface area (Å²) in [6.45, 7) is 5.65. The van der Waals surface area contributed by atoms with Gasteiger partial charge in [-0.2, -0.15) is 0 Å². The molecule has 0 bridgehead atoms. The van der Waals surface area contributed by atoms with Gasteiger partial charge in [-0.3, -0.25) is 9.69 Å². The van der Waals surface area contributed by atoms with Crippen LogP contribution in [0.3, 0.4) is 0 Å².